The predicted octanol–water partition coefficient (Wildman–Crippen LogP) is 3.49. The first-order chi connectivity index (χ1) is 13.6. The minimum atomic E-state index is 0.152. The van der Waals surface area contributed by atoms with Crippen molar-refractivity contribution in [2.24, 2.45) is 5.92 Å². The molecule has 2 saturated heterocycles. The summed E-state index contributed by atoms with van der Waals surface area (Å²) in [6, 6.07) is 9.36. The Balaban J connectivity index is 1.38. The smallest absolute Gasteiger partial charge is 0.153 e. The quantitative estimate of drug-likeness (QED) is 0.558. The molecule has 0 radical (unpaired) electrons. The van der Waals surface area contributed by atoms with Gasteiger partial charge in [0.2, 0.25) is 0 Å². The standard InChI is InChI=1S/C21H25N7/c1-12-5-19(28-27-12)24-18-8-17-16(3-2-4-22-17)20(25-18)26-21-9-13-6-14(10-21)23-15(7-13)11-21/h2-5,8,13-15,23H,6-7,9-11H2,1H3,(H3,24,25,26,27,28). The maximum absolute atomic E-state index is 4.95. The Bertz CT molecular complexity index is 1000. The number of nitrogens with zero attached hydrogens (tertiary/aromatic N) is 3. The fourth-order valence-corrected chi connectivity index (χ4v) is 5.82. The lowest BCUT2D eigenvalue weighted by Gasteiger charge is -2.57. The van der Waals surface area contributed by atoms with Gasteiger partial charge >= 0.3 is 0 Å². The molecule has 0 aromatic carbocycles. The molecule has 144 valence electrons. The van der Waals surface area contributed by atoms with Gasteiger partial charge in [-0.15, -0.1) is 0 Å². The Labute approximate surface area is 163 Å². The first kappa shape index (κ1) is 16.3. The molecule has 2 atom stereocenters. The molecule has 4 bridgehead atoms. The SMILES string of the molecule is Cc1cc(Nc2cc3ncccc3c(NC34CC5CC(C3)NC(C5)C4)n2)n[nH]1. The van der Waals surface area contributed by atoms with E-state index in [1.807, 2.05) is 31.3 Å². The molecule has 2 unspecified atom stereocenters. The van der Waals surface area contributed by atoms with Gasteiger partial charge in [-0.05, 0) is 57.1 Å². The van der Waals surface area contributed by atoms with Crippen molar-refractivity contribution >= 4 is 28.4 Å². The number of H-pyrrole nitrogens is 1. The predicted molar refractivity (Wildman–Crippen MR) is 110 cm³/mol. The zero-order valence-corrected chi connectivity index (χ0v) is 16.0. The third kappa shape index (κ3) is 2.73. The van der Waals surface area contributed by atoms with Gasteiger partial charge in [0.1, 0.15) is 11.6 Å². The number of aromatic nitrogens is 4. The van der Waals surface area contributed by atoms with Gasteiger partial charge in [-0.1, -0.05) is 0 Å². The lowest BCUT2D eigenvalue weighted by molar-refractivity contribution is 0.0498. The van der Waals surface area contributed by atoms with Crippen LogP contribution in [0.5, 0.6) is 0 Å². The van der Waals surface area contributed by atoms with E-state index in [9.17, 15) is 0 Å². The van der Waals surface area contributed by atoms with E-state index in [2.05, 4.69) is 37.2 Å². The summed E-state index contributed by atoms with van der Waals surface area (Å²) in [5.41, 5.74) is 2.11. The molecule has 2 saturated carbocycles. The molecule has 7 nitrogen and oxygen atoms in total. The monoisotopic (exact) mass is 375 g/mol. The molecule has 4 N–H and O–H groups in total. The Hall–Kier alpha value is -2.67. The molecule has 28 heavy (non-hydrogen) atoms. The first-order valence-electron chi connectivity index (χ1n) is 10.2. The van der Waals surface area contributed by atoms with Crippen molar-refractivity contribution in [3.05, 3.63) is 36.2 Å². The van der Waals surface area contributed by atoms with Crippen LogP contribution in [0.25, 0.3) is 10.9 Å². The average Bonchev–Trinajstić information content (AvgIpc) is 3.05. The number of nitrogens with one attached hydrogen (secondary N) is 4. The number of pyridine rings is 2. The van der Waals surface area contributed by atoms with Crippen molar-refractivity contribution in [3.8, 4) is 0 Å². The molecule has 2 aliphatic carbocycles. The van der Waals surface area contributed by atoms with Crippen LogP contribution < -0.4 is 16.0 Å². The fraction of sp³-hybridized carbons (Fsp3) is 0.476. The highest BCUT2D eigenvalue weighted by Crippen LogP contribution is 2.49. The lowest BCUT2D eigenvalue weighted by atomic mass is 9.60. The second-order valence-corrected chi connectivity index (χ2v) is 8.90. The number of rotatable bonds is 4. The maximum atomic E-state index is 4.95. The Morgan fingerprint density at radius 2 is 1.96 bits per heavy atom. The van der Waals surface area contributed by atoms with Gasteiger partial charge in [-0.3, -0.25) is 10.1 Å². The maximum Gasteiger partial charge on any atom is 0.153 e. The second-order valence-electron chi connectivity index (χ2n) is 8.90. The van der Waals surface area contributed by atoms with Gasteiger partial charge in [-0.2, -0.15) is 5.10 Å². The molecule has 3 aromatic heterocycles. The number of fused-ring (bicyclic) bond motifs is 1. The number of hydrogen-bond acceptors (Lipinski definition) is 6. The van der Waals surface area contributed by atoms with E-state index in [1.165, 1.54) is 32.1 Å². The van der Waals surface area contributed by atoms with Gasteiger partial charge in [0.25, 0.3) is 0 Å². The van der Waals surface area contributed by atoms with Crippen molar-refractivity contribution < 1.29 is 0 Å². The van der Waals surface area contributed by atoms with Crippen LogP contribution >= 0.6 is 0 Å². The van der Waals surface area contributed by atoms with Crippen LogP contribution in [-0.2, 0) is 0 Å². The fourth-order valence-electron chi connectivity index (χ4n) is 5.82. The molecule has 3 aromatic rings. The van der Waals surface area contributed by atoms with Crippen LogP contribution in [0, 0.1) is 12.8 Å². The largest absolute Gasteiger partial charge is 0.364 e. The van der Waals surface area contributed by atoms with Crippen molar-refractivity contribution in [2.75, 3.05) is 10.6 Å². The summed E-state index contributed by atoms with van der Waals surface area (Å²) in [6.07, 6.45) is 8.11. The van der Waals surface area contributed by atoms with Gasteiger partial charge in [0.15, 0.2) is 5.82 Å². The molecular weight excluding hydrogens is 350 g/mol. The molecule has 0 spiro atoms. The summed E-state index contributed by atoms with van der Waals surface area (Å²) >= 11 is 0. The Kier molecular flexibility index (Phi) is 3.44. The number of hydrogen-bond donors (Lipinski definition) is 4. The van der Waals surface area contributed by atoms with Crippen LogP contribution in [0.3, 0.4) is 0 Å². The molecule has 7 rings (SSSR count). The summed E-state index contributed by atoms with van der Waals surface area (Å²) < 4.78 is 0. The molecule has 2 aliphatic heterocycles. The first-order valence-corrected chi connectivity index (χ1v) is 10.2. The highest BCUT2D eigenvalue weighted by atomic mass is 15.2. The number of anilines is 3. The van der Waals surface area contributed by atoms with Gasteiger partial charge in [0.05, 0.1) is 5.52 Å². The number of aromatic amines is 1. The normalized spacial score (nSPS) is 30.7. The van der Waals surface area contributed by atoms with E-state index in [1.54, 1.807) is 0 Å². The van der Waals surface area contributed by atoms with E-state index in [4.69, 9.17) is 4.98 Å². The third-order valence-corrected chi connectivity index (χ3v) is 6.61. The van der Waals surface area contributed by atoms with Crippen LogP contribution in [0.15, 0.2) is 30.5 Å². The number of aryl methyl sites for hydroxylation is 1. The minimum Gasteiger partial charge on any atom is -0.364 e. The molecule has 4 aliphatic rings. The van der Waals surface area contributed by atoms with Crippen LogP contribution in [0.2, 0.25) is 0 Å². The van der Waals surface area contributed by atoms with E-state index in [0.29, 0.717) is 12.1 Å². The van der Waals surface area contributed by atoms with Gasteiger partial charge < -0.3 is 16.0 Å². The van der Waals surface area contributed by atoms with Gasteiger partial charge in [0, 0.05) is 47.0 Å². The van der Waals surface area contributed by atoms with E-state index in [0.717, 1.165) is 40.0 Å². The summed E-state index contributed by atoms with van der Waals surface area (Å²) in [5, 5.41) is 19.4. The van der Waals surface area contributed by atoms with Crippen LogP contribution in [-0.4, -0.2) is 37.8 Å². The highest BCUT2D eigenvalue weighted by molar-refractivity contribution is 5.91. The van der Waals surface area contributed by atoms with Crippen molar-refractivity contribution in [3.63, 3.8) is 0 Å². The molecule has 7 heteroatoms. The summed E-state index contributed by atoms with van der Waals surface area (Å²) in [5.74, 6) is 3.31. The van der Waals surface area contributed by atoms with Crippen LogP contribution in [0.1, 0.15) is 37.8 Å². The Morgan fingerprint density at radius 3 is 2.71 bits per heavy atom. The van der Waals surface area contributed by atoms with E-state index < -0.39 is 0 Å². The molecule has 5 heterocycles. The lowest BCUT2D eigenvalue weighted by Crippen LogP contribution is -2.65. The summed E-state index contributed by atoms with van der Waals surface area (Å²) in [7, 11) is 0. The van der Waals surface area contributed by atoms with Gasteiger partial charge in [-0.25, -0.2) is 4.98 Å². The molecule has 0 amide bonds. The topological polar surface area (TPSA) is 90.6 Å². The zero-order valence-electron chi connectivity index (χ0n) is 16.0. The molecule has 4 fully saturated rings. The second kappa shape index (κ2) is 5.91. The van der Waals surface area contributed by atoms with E-state index in [-0.39, 0.29) is 5.54 Å². The van der Waals surface area contributed by atoms with Crippen molar-refractivity contribution in [2.45, 2.75) is 56.7 Å². The Morgan fingerprint density at radius 1 is 1.11 bits per heavy atom. The average molecular weight is 375 g/mol. The third-order valence-electron chi connectivity index (χ3n) is 6.61. The summed E-state index contributed by atoms with van der Waals surface area (Å²) in [6.45, 7) is 1.99. The summed E-state index contributed by atoms with van der Waals surface area (Å²) in [4.78, 5) is 9.53. The molecular formula is C21H25N7. The van der Waals surface area contributed by atoms with E-state index >= 15 is 0 Å². The van der Waals surface area contributed by atoms with Crippen molar-refractivity contribution in [1.29, 1.82) is 0 Å². The van der Waals surface area contributed by atoms with Crippen LogP contribution in [0.4, 0.5) is 17.5 Å². The van der Waals surface area contributed by atoms with Crippen molar-refractivity contribution in [1.82, 2.24) is 25.5 Å². The zero-order chi connectivity index (χ0) is 18.7. The number of piperidine rings is 2. The highest BCUT2D eigenvalue weighted by Gasteiger charge is 2.51. The minimum absolute atomic E-state index is 0.152.